The molecular weight excluding hydrogens is 348 g/mol. The Labute approximate surface area is 157 Å². The number of benzene rings is 2. The van der Waals surface area contributed by atoms with E-state index < -0.39 is 0 Å². The van der Waals surface area contributed by atoms with Gasteiger partial charge in [0, 0.05) is 5.39 Å². The highest BCUT2D eigenvalue weighted by Crippen LogP contribution is 2.19. The summed E-state index contributed by atoms with van der Waals surface area (Å²) in [5.41, 5.74) is 8.77. The van der Waals surface area contributed by atoms with Crippen molar-refractivity contribution < 1.29 is 0 Å². The molecule has 0 fully saturated rings. The molecule has 0 radical (unpaired) electrons. The monoisotopic (exact) mass is 368 g/mol. The molecule has 5 nitrogen and oxygen atoms in total. The number of hydrogen-bond acceptors (Lipinski definition) is 3. The first-order valence-corrected chi connectivity index (χ1v) is 8.49. The van der Waals surface area contributed by atoms with Crippen molar-refractivity contribution in [2.45, 2.75) is 25.9 Å². The van der Waals surface area contributed by atoms with Crippen molar-refractivity contribution >= 4 is 28.8 Å². The number of aromatic nitrogens is 3. The third kappa shape index (κ3) is 3.00. The van der Waals surface area contributed by atoms with E-state index in [4.69, 9.17) is 10.8 Å². The van der Waals surface area contributed by atoms with E-state index in [-0.39, 0.29) is 24.0 Å². The zero-order valence-electron chi connectivity index (χ0n) is 14.5. The van der Waals surface area contributed by atoms with Gasteiger partial charge in [-0.05, 0) is 24.1 Å². The molecule has 6 heteroatoms. The van der Waals surface area contributed by atoms with Gasteiger partial charge < -0.3 is 5.73 Å². The van der Waals surface area contributed by atoms with Crippen LogP contribution >= 0.6 is 12.4 Å². The first-order valence-electron chi connectivity index (χ1n) is 8.49. The van der Waals surface area contributed by atoms with Crippen LogP contribution in [-0.4, -0.2) is 14.2 Å². The summed E-state index contributed by atoms with van der Waals surface area (Å²) in [4.78, 5) is 13.2. The molecule has 26 heavy (non-hydrogen) atoms. The smallest absolute Gasteiger partial charge is 0.278 e. The molecule has 0 saturated carbocycles. The molecule has 1 atom stereocenters. The Morgan fingerprint density at radius 2 is 1.73 bits per heavy atom. The van der Waals surface area contributed by atoms with Crippen LogP contribution in [0, 0.1) is 0 Å². The Bertz CT molecular complexity index is 1100. The van der Waals surface area contributed by atoms with Gasteiger partial charge in [-0.2, -0.15) is 5.10 Å². The summed E-state index contributed by atoms with van der Waals surface area (Å²) >= 11 is 0. The lowest BCUT2D eigenvalue weighted by molar-refractivity contribution is 0.550. The summed E-state index contributed by atoms with van der Waals surface area (Å²) in [6, 6.07) is 19.4. The molecular formula is C20H21ClN4O. The van der Waals surface area contributed by atoms with Gasteiger partial charge in [0.05, 0.1) is 18.1 Å². The van der Waals surface area contributed by atoms with Gasteiger partial charge in [-0.3, -0.25) is 9.36 Å². The summed E-state index contributed by atoms with van der Waals surface area (Å²) in [6.07, 6.45) is 0.714. The molecule has 1 unspecified atom stereocenters. The largest absolute Gasteiger partial charge is 0.321 e. The fourth-order valence-corrected chi connectivity index (χ4v) is 3.18. The summed E-state index contributed by atoms with van der Waals surface area (Å²) in [7, 11) is 0. The van der Waals surface area contributed by atoms with Crippen LogP contribution in [0.3, 0.4) is 0 Å². The maximum atomic E-state index is 13.2. The van der Waals surface area contributed by atoms with Crippen molar-refractivity contribution in [1.29, 1.82) is 0 Å². The molecule has 2 heterocycles. The van der Waals surface area contributed by atoms with E-state index in [1.807, 2.05) is 67.6 Å². The van der Waals surface area contributed by atoms with E-state index in [0.717, 1.165) is 16.5 Å². The van der Waals surface area contributed by atoms with Crippen molar-refractivity contribution in [2.24, 2.45) is 5.73 Å². The van der Waals surface area contributed by atoms with Crippen LogP contribution in [0.15, 0.2) is 65.5 Å². The number of fused-ring (bicyclic) bond motifs is 3. The quantitative estimate of drug-likeness (QED) is 0.599. The molecule has 4 aromatic rings. The average Bonchev–Trinajstić information content (AvgIpc) is 3.03. The highest BCUT2D eigenvalue weighted by Gasteiger charge is 2.18. The number of nitrogens with zero attached hydrogens (tertiary/aromatic N) is 3. The van der Waals surface area contributed by atoms with E-state index in [1.54, 1.807) is 9.08 Å². The van der Waals surface area contributed by atoms with Crippen LogP contribution in [0.5, 0.6) is 0 Å². The lowest BCUT2D eigenvalue weighted by atomic mass is 10.2. The summed E-state index contributed by atoms with van der Waals surface area (Å²) in [5, 5.41) is 5.75. The second-order valence-corrected chi connectivity index (χ2v) is 6.25. The first-order chi connectivity index (χ1) is 12.2. The molecule has 0 aliphatic carbocycles. The van der Waals surface area contributed by atoms with Crippen molar-refractivity contribution in [1.82, 2.24) is 14.2 Å². The van der Waals surface area contributed by atoms with E-state index in [2.05, 4.69) is 0 Å². The molecule has 4 rings (SSSR count). The Morgan fingerprint density at radius 3 is 2.46 bits per heavy atom. The average molecular weight is 369 g/mol. The fourth-order valence-electron chi connectivity index (χ4n) is 3.18. The normalized spacial score (nSPS) is 12.2. The Hall–Kier alpha value is -2.63. The van der Waals surface area contributed by atoms with Crippen LogP contribution in [0.4, 0.5) is 0 Å². The third-order valence-corrected chi connectivity index (χ3v) is 4.58. The minimum Gasteiger partial charge on any atom is -0.321 e. The Kier molecular flexibility index (Phi) is 5.11. The summed E-state index contributed by atoms with van der Waals surface area (Å²) in [5.74, 6) is 0.616. The van der Waals surface area contributed by atoms with E-state index in [0.29, 0.717) is 24.3 Å². The zero-order valence-corrected chi connectivity index (χ0v) is 15.3. The van der Waals surface area contributed by atoms with Gasteiger partial charge in [-0.25, -0.2) is 4.52 Å². The molecule has 2 aromatic heterocycles. The number of para-hydroxylation sites is 1. The maximum Gasteiger partial charge on any atom is 0.278 e. The first kappa shape index (κ1) is 18.2. The summed E-state index contributed by atoms with van der Waals surface area (Å²) in [6.45, 7) is 2.47. The van der Waals surface area contributed by atoms with Crippen LogP contribution in [0.1, 0.15) is 30.8 Å². The predicted molar refractivity (Wildman–Crippen MR) is 107 cm³/mol. The molecule has 0 aliphatic rings. The van der Waals surface area contributed by atoms with Gasteiger partial charge in [-0.15, -0.1) is 12.4 Å². The SMILES string of the molecule is CCC(N)c1nn2c(cc3ccccc32)c(=O)n1Cc1ccccc1.Cl. The number of hydrogen-bond donors (Lipinski definition) is 1. The maximum absolute atomic E-state index is 13.2. The van der Waals surface area contributed by atoms with Crippen molar-refractivity contribution in [3.63, 3.8) is 0 Å². The van der Waals surface area contributed by atoms with E-state index in [1.165, 1.54) is 0 Å². The minimum atomic E-state index is -0.290. The van der Waals surface area contributed by atoms with Crippen LogP contribution < -0.4 is 11.3 Å². The van der Waals surface area contributed by atoms with E-state index in [9.17, 15) is 4.79 Å². The van der Waals surface area contributed by atoms with Crippen molar-refractivity contribution in [3.8, 4) is 0 Å². The molecule has 0 aliphatic heterocycles. The molecule has 0 spiro atoms. The van der Waals surface area contributed by atoms with Crippen LogP contribution in [-0.2, 0) is 6.54 Å². The Balaban J connectivity index is 0.00000196. The lowest BCUT2D eigenvalue weighted by Gasteiger charge is -2.17. The fraction of sp³-hybridized carbons (Fsp3) is 0.200. The molecule has 0 bridgehead atoms. The van der Waals surface area contributed by atoms with Gasteiger partial charge in [0.25, 0.3) is 5.56 Å². The van der Waals surface area contributed by atoms with Gasteiger partial charge in [0.15, 0.2) is 0 Å². The lowest BCUT2D eigenvalue weighted by Crippen LogP contribution is -2.31. The van der Waals surface area contributed by atoms with Crippen molar-refractivity contribution in [3.05, 3.63) is 82.4 Å². The second-order valence-electron chi connectivity index (χ2n) is 6.25. The molecule has 0 amide bonds. The topological polar surface area (TPSA) is 65.3 Å². The highest BCUT2D eigenvalue weighted by atomic mass is 35.5. The second kappa shape index (κ2) is 7.32. The van der Waals surface area contributed by atoms with Crippen LogP contribution in [0.2, 0.25) is 0 Å². The molecule has 2 aromatic carbocycles. The number of rotatable bonds is 4. The van der Waals surface area contributed by atoms with Gasteiger partial charge >= 0.3 is 0 Å². The van der Waals surface area contributed by atoms with E-state index >= 15 is 0 Å². The minimum absolute atomic E-state index is 0. The number of nitrogens with two attached hydrogens (primary N) is 1. The van der Waals surface area contributed by atoms with Crippen molar-refractivity contribution in [2.75, 3.05) is 0 Å². The molecule has 134 valence electrons. The van der Waals surface area contributed by atoms with Gasteiger partial charge in [0.2, 0.25) is 0 Å². The standard InChI is InChI=1S/C20H20N4O.ClH/c1-2-16(21)19-22-24-17-11-7-6-10-15(17)12-18(24)20(25)23(19)13-14-8-4-3-5-9-14;/h3-12,16H,2,13,21H2,1H3;1H. The molecule has 0 saturated heterocycles. The Morgan fingerprint density at radius 1 is 1.04 bits per heavy atom. The zero-order chi connectivity index (χ0) is 17.4. The highest BCUT2D eigenvalue weighted by molar-refractivity contribution is 5.86. The van der Waals surface area contributed by atoms with Gasteiger partial charge in [-0.1, -0.05) is 55.5 Å². The van der Waals surface area contributed by atoms with Crippen LogP contribution in [0.25, 0.3) is 16.4 Å². The summed E-state index contributed by atoms with van der Waals surface area (Å²) < 4.78 is 3.43. The third-order valence-electron chi connectivity index (χ3n) is 4.58. The number of halogens is 1. The molecule has 2 N–H and O–H groups in total. The van der Waals surface area contributed by atoms with Gasteiger partial charge in [0.1, 0.15) is 11.3 Å². The predicted octanol–water partition coefficient (Wildman–Crippen LogP) is 3.53.